The highest BCUT2D eigenvalue weighted by Gasteiger charge is 2.19. The summed E-state index contributed by atoms with van der Waals surface area (Å²) in [5.74, 6) is -1.27. The predicted octanol–water partition coefficient (Wildman–Crippen LogP) is 1.40. The van der Waals surface area contributed by atoms with Crippen LogP contribution in [0.15, 0.2) is 24.3 Å². The molecule has 0 aliphatic heterocycles. The Morgan fingerprint density at radius 1 is 1.38 bits per heavy atom. The fraction of sp³-hybridized carbons (Fsp3) is 0.364. The molecule has 0 saturated heterocycles. The monoisotopic (exact) mass is 245 g/mol. The number of phenols is 1. The van der Waals surface area contributed by atoms with Gasteiger partial charge in [-0.1, -0.05) is 19.1 Å². The molecule has 4 nitrogen and oxygen atoms in total. The molecular formula is C11H16ClNO3. The molecule has 0 aliphatic rings. The van der Waals surface area contributed by atoms with Crippen molar-refractivity contribution in [1.82, 2.24) is 0 Å². The van der Waals surface area contributed by atoms with E-state index in [0.29, 0.717) is 6.42 Å². The molecule has 0 bridgehead atoms. The van der Waals surface area contributed by atoms with Crippen molar-refractivity contribution >= 4 is 18.4 Å². The number of rotatable bonds is 4. The molecule has 1 aromatic rings. The molecule has 0 aliphatic carbocycles. The summed E-state index contributed by atoms with van der Waals surface area (Å²) in [7, 11) is 0. The van der Waals surface area contributed by atoms with Gasteiger partial charge in [0.1, 0.15) is 5.75 Å². The minimum absolute atomic E-state index is 0. The lowest BCUT2D eigenvalue weighted by Crippen LogP contribution is -2.35. The normalized spacial score (nSPS) is 13.6. The van der Waals surface area contributed by atoms with Gasteiger partial charge in [-0.2, -0.15) is 0 Å². The van der Waals surface area contributed by atoms with E-state index >= 15 is 0 Å². The molecule has 0 spiro atoms. The number of nitrogens with two attached hydrogens (primary N) is 1. The van der Waals surface area contributed by atoms with Crippen LogP contribution in [0.25, 0.3) is 0 Å². The highest BCUT2D eigenvalue weighted by Crippen LogP contribution is 2.13. The quantitative estimate of drug-likeness (QED) is 0.749. The van der Waals surface area contributed by atoms with Gasteiger partial charge in [0.05, 0.1) is 5.92 Å². The van der Waals surface area contributed by atoms with E-state index in [-0.39, 0.29) is 18.2 Å². The second kappa shape index (κ2) is 6.35. The number of phenolic OH excluding ortho intramolecular Hbond substituents is 1. The smallest absolute Gasteiger partial charge is 0.307 e. The van der Waals surface area contributed by atoms with Gasteiger partial charge in [0.15, 0.2) is 0 Å². The molecule has 16 heavy (non-hydrogen) atoms. The van der Waals surface area contributed by atoms with Gasteiger partial charge in [0.2, 0.25) is 0 Å². The van der Waals surface area contributed by atoms with Crippen LogP contribution in [0.1, 0.15) is 12.5 Å². The Kier molecular flexibility index (Phi) is 5.85. The maximum Gasteiger partial charge on any atom is 0.307 e. The molecule has 4 N–H and O–H groups in total. The zero-order valence-electron chi connectivity index (χ0n) is 8.96. The summed E-state index contributed by atoms with van der Waals surface area (Å²) in [6, 6.07) is 6.20. The number of aliphatic carboxylic acids is 1. The van der Waals surface area contributed by atoms with Crippen LogP contribution < -0.4 is 5.73 Å². The van der Waals surface area contributed by atoms with Crippen LogP contribution in [0.5, 0.6) is 5.75 Å². The lowest BCUT2D eigenvalue weighted by atomic mass is 9.96. The molecule has 5 heteroatoms. The zero-order valence-corrected chi connectivity index (χ0v) is 9.78. The molecule has 1 unspecified atom stereocenters. The van der Waals surface area contributed by atoms with Crippen molar-refractivity contribution in [2.45, 2.75) is 19.4 Å². The molecule has 2 atom stereocenters. The lowest BCUT2D eigenvalue weighted by Gasteiger charge is -2.15. The van der Waals surface area contributed by atoms with Gasteiger partial charge in [0, 0.05) is 6.04 Å². The topological polar surface area (TPSA) is 83.5 Å². The highest BCUT2D eigenvalue weighted by atomic mass is 35.5. The Hall–Kier alpha value is -1.26. The fourth-order valence-corrected chi connectivity index (χ4v) is 1.26. The molecule has 0 radical (unpaired) electrons. The third-order valence-corrected chi connectivity index (χ3v) is 2.44. The van der Waals surface area contributed by atoms with Gasteiger partial charge in [-0.25, -0.2) is 0 Å². The minimum atomic E-state index is -0.888. The van der Waals surface area contributed by atoms with Crippen LogP contribution >= 0.6 is 12.4 Å². The number of carboxylic acids is 1. The van der Waals surface area contributed by atoms with Crippen LogP contribution in [0, 0.1) is 5.92 Å². The van der Waals surface area contributed by atoms with Crippen LogP contribution in [0.2, 0.25) is 0 Å². The van der Waals surface area contributed by atoms with Gasteiger partial charge < -0.3 is 15.9 Å². The third kappa shape index (κ3) is 4.08. The Morgan fingerprint density at radius 2 is 1.88 bits per heavy atom. The molecular weight excluding hydrogens is 230 g/mol. The van der Waals surface area contributed by atoms with E-state index in [1.165, 1.54) is 0 Å². The van der Waals surface area contributed by atoms with Gasteiger partial charge in [0.25, 0.3) is 0 Å². The first kappa shape index (κ1) is 14.7. The van der Waals surface area contributed by atoms with Crippen LogP contribution in [0.4, 0.5) is 0 Å². The van der Waals surface area contributed by atoms with E-state index in [1.54, 1.807) is 31.2 Å². The van der Waals surface area contributed by atoms with Gasteiger partial charge in [-0.3, -0.25) is 4.79 Å². The molecule has 0 amide bonds. The first-order valence-electron chi connectivity index (χ1n) is 4.77. The Morgan fingerprint density at radius 3 is 2.31 bits per heavy atom. The number of carbonyl (C=O) groups is 1. The van der Waals surface area contributed by atoms with Gasteiger partial charge in [-0.15, -0.1) is 12.4 Å². The first-order chi connectivity index (χ1) is 7.00. The summed E-state index contributed by atoms with van der Waals surface area (Å²) in [6.07, 6.45) is 0.494. The molecule has 0 saturated carbocycles. The number of hydrogen-bond acceptors (Lipinski definition) is 3. The van der Waals surface area contributed by atoms with Crippen molar-refractivity contribution in [2.24, 2.45) is 11.7 Å². The highest BCUT2D eigenvalue weighted by molar-refractivity contribution is 5.85. The fourth-order valence-electron chi connectivity index (χ4n) is 1.26. The van der Waals surface area contributed by atoms with Crippen molar-refractivity contribution in [3.8, 4) is 5.75 Å². The lowest BCUT2D eigenvalue weighted by molar-refractivity contribution is -0.141. The molecule has 0 fully saturated rings. The summed E-state index contributed by atoms with van der Waals surface area (Å²) in [4.78, 5) is 10.7. The molecule has 1 rings (SSSR count). The summed E-state index contributed by atoms with van der Waals surface area (Å²) in [5.41, 5.74) is 6.67. The maximum absolute atomic E-state index is 10.7. The molecule has 1 aromatic carbocycles. The maximum atomic E-state index is 10.7. The molecule has 0 heterocycles. The van der Waals surface area contributed by atoms with Crippen LogP contribution in [0.3, 0.4) is 0 Å². The number of halogens is 1. The average molecular weight is 246 g/mol. The molecule has 0 aromatic heterocycles. The van der Waals surface area contributed by atoms with Gasteiger partial charge in [-0.05, 0) is 24.1 Å². The summed E-state index contributed by atoms with van der Waals surface area (Å²) >= 11 is 0. The number of aromatic hydroxyl groups is 1. The summed E-state index contributed by atoms with van der Waals surface area (Å²) in [5, 5.41) is 17.8. The van der Waals surface area contributed by atoms with Crippen LogP contribution in [-0.4, -0.2) is 22.2 Å². The first-order valence-corrected chi connectivity index (χ1v) is 4.77. The Labute approximate surface area is 100 Å². The van der Waals surface area contributed by atoms with Crippen molar-refractivity contribution < 1.29 is 15.0 Å². The average Bonchev–Trinajstić information content (AvgIpc) is 2.20. The van der Waals surface area contributed by atoms with Crippen molar-refractivity contribution in [1.29, 1.82) is 0 Å². The van der Waals surface area contributed by atoms with Crippen LogP contribution in [-0.2, 0) is 11.2 Å². The van der Waals surface area contributed by atoms with Gasteiger partial charge >= 0.3 is 5.97 Å². The number of carboxylic acid groups (broad SMARTS) is 1. The van der Waals surface area contributed by atoms with E-state index < -0.39 is 17.9 Å². The predicted molar refractivity (Wildman–Crippen MR) is 63.8 cm³/mol. The van der Waals surface area contributed by atoms with E-state index in [0.717, 1.165) is 5.56 Å². The summed E-state index contributed by atoms with van der Waals surface area (Å²) < 4.78 is 0. The van der Waals surface area contributed by atoms with E-state index in [1.807, 2.05) is 0 Å². The number of benzene rings is 1. The van der Waals surface area contributed by atoms with E-state index in [4.69, 9.17) is 15.9 Å². The number of hydrogen-bond donors (Lipinski definition) is 3. The van der Waals surface area contributed by atoms with E-state index in [2.05, 4.69) is 0 Å². The zero-order chi connectivity index (χ0) is 11.4. The van der Waals surface area contributed by atoms with E-state index in [9.17, 15) is 4.79 Å². The Balaban J connectivity index is 0.00000225. The van der Waals surface area contributed by atoms with Crippen molar-refractivity contribution in [3.63, 3.8) is 0 Å². The second-order valence-electron chi connectivity index (χ2n) is 3.66. The minimum Gasteiger partial charge on any atom is -0.508 e. The molecule has 90 valence electrons. The van der Waals surface area contributed by atoms with Crippen molar-refractivity contribution in [3.05, 3.63) is 29.8 Å². The third-order valence-electron chi connectivity index (χ3n) is 2.44. The largest absolute Gasteiger partial charge is 0.508 e. The standard InChI is InChI=1S/C11H15NO3.ClH/c1-7(11(14)15)10(12)6-8-2-4-9(13)5-3-8;/h2-5,7,10,13H,6,12H2,1H3,(H,14,15);1H/t7-,10?;/m0./s1. The second-order valence-corrected chi connectivity index (χ2v) is 3.66. The summed E-state index contributed by atoms with van der Waals surface area (Å²) in [6.45, 7) is 1.59. The van der Waals surface area contributed by atoms with Crippen molar-refractivity contribution in [2.75, 3.05) is 0 Å². The SMILES string of the molecule is C[C@H](C(=O)O)C(N)Cc1ccc(O)cc1.Cl. The Bertz CT molecular complexity index is 340.